The summed E-state index contributed by atoms with van der Waals surface area (Å²) in [5, 5.41) is 11.6. The molecule has 0 aromatic heterocycles. The second-order valence-electron chi connectivity index (χ2n) is 5.66. The fraction of sp³-hybridized carbons (Fsp3) is 0.882. The minimum atomic E-state index is -0.774. The van der Waals surface area contributed by atoms with E-state index in [1.807, 2.05) is 0 Å². The first-order valence-electron chi connectivity index (χ1n) is 8.79. The van der Waals surface area contributed by atoms with Crippen LogP contribution in [0.1, 0.15) is 32.6 Å². The van der Waals surface area contributed by atoms with Crippen LogP contribution in [0.25, 0.3) is 0 Å². The summed E-state index contributed by atoms with van der Waals surface area (Å²) >= 11 is 0. The number of hydrogen-bond acceptors (Lipinski definition) is 6. The van der Waals surface area contributed by atoms with Crippen molar-refractivity contribution in [2.75, 3.05) is 59.9 Å². The lowest BCUT2D eigenvalue weighted by Gasteiger charge is -2.08. The van der Waals surface area contributed by atoms with Crippen LogP contribution in [0.3, 0.4) is 0 Å². The van der Waals surface area contributed by atoms with Crippen LogP contribution in [0, 0.1) is 5.92 Å². The fourth-order valence-electron chi connectivity index (χ4n) is 1.86. The lowest BCUT2D eigenvalue weighted by molar-refractivity contribution is -0.141. The van der Waals surface area contributed by atoms with Gasteiger partial charge in [0.25, 0.3) is 0 Å². The van der Waals surface area contributed by atoms with E-state index in [2.05, 4.69) is 5.32 Å². The number of amides is 1. The average molecular weight is 363 g/mol. The molecule has 25 heavy (non-hydrogen) atoms. The van der Waals surface area contributed by atoms with Gasteiger partial charge in [-0.05, 0) is 12.8 Å². The number of nitrogens with one attached hydrogen (secondary N) is 1. The van der Waals surface area contributed by atoms with Crippen molar-refractivity contribution in [3.8, 4) is 0 Å². The molecular formula is C17H33NO7. The van der Waals surface area contributed by atoms with E-state index in [1.165, 1.54) is 0 Å². The predicted molar refractivity (Wildman–Crippen MR) is 92.6 cm³/mol. The van der Waals surface area contributed by atoms with Crippen molar-refractivity contribution in [2.45, 2.75) is 32.6 Å². The number of methoxy groups -OCH3 is 1. The minimum Gasteiger partial charge on any atom is -0.481 e. The summed E-state index contributed by atoms with van der Waals surface area (Å²) in [6, 6.07) is 0. The number of aliphatic carboxylic acids is 1. The van der Waals surface area contributed by atoms with E-state index in [9.17, 15) is 9.59 Å². The number of rotatable bonds is 18. The first-order chi connectivity index (χ1) is 12.1. The summed E-state index contributed by atoms with van der Waals surface area (Å²) in [5.41, 5.74) is 0. The van der Waals surface area contributed by atoms with Gasteiger partial charge in [0.2, 0.25) is 5.91 Å². The van der Waals surface area contributed by atoms with Crippen LogP contribution in [-0.2, 0) is 28.5 Å². The molecule has 1 atom stereocenters. The molecular weight excluding hydrogens is 330 g/mol. The Bertz CT molecular complexity index is 339. The zero-order valence-corrected chi connectivity index (χ0v) is 15.5. The molecule has 0 rings (SSSR count). The third-order valence-corrected chi connectivity index (χ3v) is 3.46. The Kier molecular flexibility index (Phi) is 16.7. The fourth-order valence-corrected chi connectivity index (χ4v) is 1.86. The molecule has 0 unspecified atom stereocenters. The van der Waals surface area contributed by atoms with Crippen LogP contribution in [0.15, 0.2) is 0 Å². The maximum absolute atomic E-state index is 11.6. The Morgan fingerprint density at radius 3 is 2.04 bits per heavy atom. The molecule has 0 fully saturated rings. The molecule has 0 spiro atoms. The third kappa shape index (κ3) is 17.4. The molecule has 0 saturated carbocycles. The molecule has 0 radical (unpaired) electrons. The van der Waals surface area contributed by atoms with Crippen LogP contribution in [0.5, 0.6) is 0 Å². The highest BCUT2D eigenvalue weighted by Gasteiger charge is 2.09. The van der Waals surface area contributed by atoms with Crippen LogP contribution in [0.2, 0.25) is 0 Å². The quantitative estimate of drug-likeness (QED) is 0.351. The third-order valence-electron chi connectivity index (χ3n) is 3.46. The second-order valence-corrected chi connectivity index (χ2v) is 5.66. The summed E-state index contributed by atoms with van der Waals surface area (Å²) in [4.78, 5) is 22.2. The van der Waals surface area contributed by atoms with Gasteiger partial charge in [0, 0.05) is 20.1 Å². The standard InChI is InChI=1S/C17H33NO7/c1-15(17(20)21)5-3-4-7-18-16(19)6-8-23-11-12-25-14-13-24-10-9-22-2/h15H,3-14H2,1-2H3,(H,18,19)(H,20,21)/t15-/m0/s1. The molecule has 0 aliphatic carbocycles. The number of ether oxygens (including phenoxy) is 4. The lowest BCUT2D eigenvalue weighted by Crippen LogP contribution is -2.25. The molecule has 8 heteroatoms. The van der Waals surface area contributed by atoms with Gasteiger partial charge in [0.05, 0.1) is 52.2 Å². The van der Waals surface area contributed by atoms with Crippen molar-refractivity contribution in [1.82, 2.24) is 5.32 Å². The van der Waals surface area contributed by atoms with Crippen LogP contribution in [-0.4, -0.2) is 76.9 Å². The first-order valence-corrected chi connectivity index (χ1v) is 8.79. The number of hydrogen-bond donors (Lipinski definition) is 2. The summed E-state index contributed by atoms with van der Waals surface area (Å²) in [5.74, 6) is -1.16. The van der Waals surface area contributed by atoms with Gasteiger partial charge in [-0.15, -0.1) is 0 Å². The van der Waals surface area contributed by atoms with Crippen LogP contribution in [0.4, 0.5) is 0 Å². The van der Waals surface area contributed by atoms with Crippen LogP contribution >= 0.6 is 0 Å². The first kappa shape index (κ1) is 23.8. The van der Waals surface area contributed by atoms with E-state index in [4.69, 9.17) is 24.1 Å². The summed E-state index contributed by atoms with van der Waals surface area (Å²) < 4.78 is 20.7. The van der Waals surface area contributed by atoms with E-state index in [0.717, 1.165) is 12.8 Å². The zero-order valence-electron chi connectivity index (χ0n) is 15.5. The number of unbranched alkanes of at least 4 members (excludes halogenated alkanes) is 1. The molecule has 148 valence electrons. The van der Waals surface area contributed by atoms with Gasteiger partial charge >= 0.3 is 5.97 Å². The monoisotopic (exact) mass is 363 g/mol. The maximum atomic E-state index is 11.6. The summed E-state index contributed by atoms with van der Waals surface area (Å²) in [6.07, 6.45) is 2.51. The predicted octanol–water partition coefficient (Wildman–Crippen LogP) is 1.08. The Labute approximate surface area is 150 Å². The molecule has 0 aliphatic heterocycles. The van der Waals surface area contributed by atoms with E-state index in [0.29, 0.717) is 65.6 Å². The van der Waals surface area contributed by atoms with Crippen molar-refractivity contribution in [1.29, 1.82) is 0 Å². The van der Waals surface area contributed by atoms with Gasteiger partial charge in [0.1, 0.15) is 0 Å². The zero-order chi connectivity index (χ0) is 18.8. The van der Waals surface area contributed by atoms with Gasteiger partial charge in [0.15, 0.2) is 0 Å². The summed E-state index contributed by atoms with van der Waals surface area (Å²) in [6.45, 7) is 5.69. The molecule has 0 aromatic carbocycles. The largest absolute Gasteiger partial charge is 0.481 e. The lowest BCUT2D eigenvalue weighted by atomic mass is 10.0. The average Bonchev–Trinajstić information content (AvgIpc) is 2.59. The van der Waals surface area contributed by atoms with Gasteiger partial charge < -0.3 is 29.4 Å². The Morgan fingerprint density at radius 2 is 1.48 bits per heavy atom. The SMILES string of the molecule is COCCOCCOCCOCCC(=O)NCCCC[C@H](C)C(=O)O. The van der Waals surface area contributed by atoms with Crippen molar-refractivity contribution < 1.29 is 33.6 Å². The Morgan fingerprint density at radius 1 is 0.920 bits per heavy atom. The van der Waals surface area contributed by atoms with E-state index in [-0.39, 0.29) is 11.8 Å². The molecule has 0 heterocycles. The van der Waals surface area contributed by atoms with Crippen LogP contribution < -0.4 is 5.32 Å². The van der Waals surface area contributed by atoms with Gasteiger partial charge in [-0.25, -0.2) is 0 Å². The number of carbonyl (C=O) groups is 2. The summed E-state index contributed by atoms with van der Waals surface area (Å²) in [7, 11) is 1.63. The molecule has 8 nitrogen and oxygen atoms in total. The normalized spacial score (nSPS) is 12.1. The highest BCUT2D eigenvalue weighted by molar-refractivity contribution is 5.75. The van der Waals surface area contributed by atoms with Crippen molar-refractivity contribution >= 4 is 11.9 Å². The number of carboxylic acid groups (broad SMARTS) is 1. The molecule has 1 amide bonds. The van der Waals surface area contributed by atoms with Crippen molar-refractivity contribution in [3.63, 3.8) is 0 Å². The number of carbonyl (C=O) groups excluding carboxylic acids is 1. The molecule has 0 bridgehead atoms. The van der Waals surface area contributed by atoms with Gasteiger partial charge in [-0.1, -0.05) is 13.3 Å². The highest BCUT2D eigenvalue weighted by Crippen LogP contribution is 2.06. The Balaban J connectivity index is 3.24. The van der Waals surface area contributed by atoms with Gasteiger partial charge in [-0.2, -0.15) is 0 Å². The highest BCUT2D eigenvalue weighted by atomic mass is 16.6. The van der Waals surface area contributed by atoms with E-state index in [1.54, 1.807) is 14.0 Å². The van der Waals surface area contributed by atoms with Crippen molar-refractivity contribution in [3.05, 3.63) is 0 Å². The smallest absolute Gasteiger partial charge is 0.306 e. The minimum absolute atomic E-state index is 0.0567. The molecule has 2 N–H and O–H groups in total. The number of carboxylic acids is 1. The van der Waals surface area contributed by atoms with Crippen molar-refractivity contribution in [2.24, 2.45) is 5.92 Å². The van der Waals surface area contributed by atoms with E-state index >= 15 is 0 Å². The second kappa shape index (κ2) is 17.6. The Hall–Kier alpha value is -1.22. The maximum Gasteiger partial charge on any atom is 0.306 e. The van der Waals surface area contributed by atoms with Gasteiger partial charge in [-0.3, -0.25) is 9.59 Å². The molecule has 0 aromatic rings. The topological polar surface area (TPSA) is 103 Å². The molecule has 0 saturated heterocycles. The molecule has 0 aliphatic rings. The van der Waals surface area contributed by atoms with E-state index < -0.39 is 5.97 Å².